The van der Waals surface area contributed by atoms with Gasteiger partial charge < -0.3 is 5.11 Å². The van der Waals surface area contributed by atoms with Gasteiger partial charge in [-0.25, -0.2) is 14.8 Å². The van der Waals surface area contributed by atoms with Crippen LogP contribution < -0.4 is 0 Å². The minimum absolute atomic E-state index is 0.0110. The third-order valence-corrected chi connectivity index (χ3v) is 3.02. The fraction of sp³-hybridized carbons (Fsp3) is 0.286. The van der Waals surface area contributed by atoms with Crippen molar-refractivity contribution in [1.82, 2.24) is 9.97 Å². The van der Waals surface area contributed by atoms with Crippen molar-refractivity contribution < 1.29 is 9.90 Å². The first-order chi connectivity index (χ1) is 6.06. The highest BCUT2D eigenvalue weighted by Gasteiger charge is 2.15. The summed E-state index contributed by atoms with van der Waals surface area (Å²) in [5.41, 5.74) is 0.0110. The van der Waals surface area contributed by atoms with Crippen molar-refractivity contribution in [2.24, 2.45) is 0 Å². The Hall–Kier alpha value is -0.620. The third-order valence-electron chi connectivity index (χ3n) is 1.33. The van der Waals surface area contributed by atoms with Crippen LogP contribution in [0.1, 0.15) is 16.3 Å². The Kier molecular flexibility index (Phi) is 3.27. The van der Waals surface area contributed by atoms with E-state index >= 15 is 0 Å². The average molecular weight is 263 g/mol. The Labute approximate surface area is 87.9 Å². The van der Waals surface area contributed by atoms with E-state index in [2.05, 4.69) is 25.9 Å². The first-order valence-corrected chi connectivity index (χ1v) is 5.39. The van der Waals surface area contributed by atoms with E-state index in [4.69, 9.17) is 5.11 Å². The molecule has 0 unspecified atom stereocenters. The van der Waals surface area contributed by atoms with Crippen molar-refractivity contribution in [3.8, 4) is 0 Å². The molecular weight excluding hydrogens is 256 g/mol. The van der Waals surface area contributed by atoms with Crippen LogP contribution in [0.15, 0.2) is 9.50 Å². The van der Waals surface area contributed by atoms with Crippen molar-refractivity contribution in [2.45, 2.75) is 11.9 Å². The van der Waals surface area contributed by atoms with Crippen molar-refractivity contribution in [1.29, 1.82) is 0 Å². The number of carboxylic acids is 1. The number of carbonyl (C=O) groups is 1. The quantitative estimate of drug-likeness (QED) is 0.652. The second-order valence-electron chi connectivity index (χ2n) is 2.25. The van der Waals surface area contributed by atoms with E-state index in [1.165, 1.54) is 11.8 Å². The summed E-state index contributed by atoms with van der Waals surface area (Å²) in [6, 6.07) is 0. The number of halogens is 1. The molecule has 0 aliphatic rings. The SMILES string of the molecule is CSc1nc(C)nc(C(=O)O)c1Br. The minimum atomic E-state index is -1.05. The molecule has 0 aliphatic heterocycles. The molecule has 1 heterocycles. The maximum Gasteiger partial charge on any atom is 0.355 e. The first-order valence-electron chi connectivity index (χ1n) is 3.37. The van der Waals surface area contributed by atoms with E-state index in [1.807, 2.05) is 6.26 Å². The summed E-state index contributed by atoms with van der Waals surface area (Å²) >= 11 is 4.53. The van der Waals surface area contributed by atoms with Gasteiger partial charge in [-0.05, 0) is 29.1 Å². The monoisotopic (exact) mass is 262 g/mol. The molecule has 0 saturated carbocycles. The average Bonchev–Trinajstić information content (AvgIpc) is 2.08. The van der Waals surface area contributed by atoms with Gasteiger partial charge in [0.15, 0.2) is 5.69 Å². The molecular formula is C7H7BrN2O2S. The van der Waals surface area contributed by atoms with Crippen LogP contribution in [-0.2, 0) is 0 Å². The maximum absolute atomic E-state index is 10.7. The smallest absolute Gasteiger partial charge is 0.355 e. The largest absolute Gasteiger partial charge is 0.476 e. The first kappa shape index (κ1) is 10.5. The molecule has 0 radical (unpaired) electrons. The summed E-state index contributed by atoms with van der Waals surface area (Å²) in [6.45, 7) is 1.67. The molecule has 1 aromatic rings. The van der Waals surface area contributed by atoms with Crippen LogP contribution in [0.5, 0.6) is 0 Å². The topological polar surface area (TPSA) is 63.1 Å². The molecule has 0 aliphatic carbocycles. The summed E-state index contributed by atoms with van der Waals surface area (Å²) in [5.74, 6) is -0.586. The molecule has 1 aromatic heterocycles. The highest BCUT2D eigenvalue weighted by Crippen LogP contribution is 2.26. The van der Waals surface area contributed by atoms with Crippen LogP contribution in [0.3, 0.4) is 0 Å². The molecule has 70 valence electrons. The van der Waals surface area contributed by atoms with Crippen molar-refractivity contribution in [3.05, 3.63) is 16.0 Å². The van der Waals surface area contributed by atoms with Crippen LogP contribution in [0.2, 0.25) is 0 Å². The molecule has 13 heavy (non-hydrogen) atoms. The van der Waals surface area contributed by atoms with Gasteiger partial charge in [-0.3, -0.25) is 0 Å². The minimum Gasteiger partial charge on any atom is -0.476 e. The standard InChI is InChI=1S/C7H7BrN2O2S/c1-3-9-5(7(11)12)4(8)6(10-3)13-2/h1-2H3,(H,11,12). The van der Waals surface area contributed by atoms with Gasteiger partial charge in [-0.1, -0.05) is 0 Å². The van der Waals surface area contributed by atoms with Gasteiger partial charge in [0.25, 0.3) is 0 Å². The summed E-state index contributed by atoms with van der Waals surface area (Å²) < 4.78 is 0.443. The van der Waals surface area contributed by atoms with Crippen LogP contribution in [-0.4, -0.2) is 27.3 Å². The van der Waals surface area contributed by atoms with E-state index in [0.717, 1.165) is 0 Å². The zero-order chi connectivity index (χ0) is 10.0. The summed E-state index contributed by atoms with van der Waals surface area (Å²) in [5, 5.41) is 9.42. The van der Waals surface area contributed by atoms with E-state index in [0.29, 0.717) is 15.3 Å². The summed E-state index contributed by atoms with van der Waals surface area (Å²) in [4.78, 5) is 18.6. The van der Waals surface area contributed by atoms with Crippen LogP contribution in [0.25, 0.3) is 0 Å². The molecule has 0 spiro atoms. The molecule has 1 N–H and O–H groups in total. The molecule has 0 aromatic carbocycles. The number of hydrogen-bond acceptors (Lipinski definition) is 4. The normalized spacial score (nSPS) is 10.1. The number of hydrogen-bond donors (Lipinski definition) is 1. The second kappa shape index (κ2) is 4.06. The summed E-state index contributed by atoms with van der Waals surface area (Å²) in [7, 11) is 0. The van der Waals surface area contributed by atoms with E-state index in [1.54, 1.807) is 6.92 Å². The molecule has 0 fully saturated rings. The second-order valence-corrected chi connectivity index (χ2v) is 3.84. The van der Waals surface area contributed by atoms with Crippen molar-refractivity contribution in [3.63, 3.8) is 0 Å². The number of aromatic nitrogens is 2. The van der Waals surface area contributed by atoms with E-state index in [9.17, 15) is 4.79 Å². The number of rotatable bonds is 2. The number of thioether (sulfide) groups is 1. The molecule has 1 rings (SSSR count). The van der Waals surface area contributed by atoms with E-state index < -0.39 is 5.97 Å². The van der Waals surface area contributed by atoms with Gasteiger partial charge in [-0.15, -0.1) is 11.8 Å². The Morgan fingerprint density at radius 3 is 2.62 bits per heavy atom. The number of nitrogens with zero attached hydrogens (tertiary/aromatic N) is 2. The lowest BCUT2D eigenvalue weighted by Crippen LogP contribution is -2.05. The van der Waals surface area contributed by atoms with Gasteiger partial charge in [0.05, 0.1) is 4.47 Å². The van der Waals surface area contributed by atoms with Crippen molar-refractivity contribution in [2.75, 3.05) is 6.26 Å². The van der Waals surface area contributed by atoms with Gasteiger partial charge in [0.2, 0.25) is 0 Å². The zero-order valence-electron chi connectivity index (χ0n) is 7.04. The fourth-order valence-corrected chi connectivity index (χ4v) is 2.14. The Morgan fingerprint density at radius 1 is 1.54 bits per heavy atom. The lowest BCUT2D eigenvalue weighted by molar-refractivity contribution is 0.0688. The molecule has 0 bridgehead atoms. The lowest BCUT2D eigenvalue weighted by atomic mass is 10.4. The maximum atomic E-state index is 10.7. The fourth-order valence-electron chi connectivity index (χ4n) is 0.810. The van der Waals surface area contributed by atoms with Gasteiger partial charge in [-0.2, -0.15) is 0 Å². The molecule has 4 nitrogen and oxygen atoms in total. The van der Waals surface area contributed by atoms with Crippen LogP contribution >= 0.6 is 27.7 Å². The predicted molar refractivity (Wildman–Crippen MR) is 53.2 cm³/mol. The number of carboxylic acid groups (broad SMARTS) is 1. The zero-order valence-corrected chi connectivity index (χ0v) is 9.44. The Bertz CT molecular complexity index is 357. The predicted octanol–water partition coefficient (Wildman–Crippen LogP) is 1.97. The Morgan fingerprint density at radius 2 is 2.15 bits per heavy atom. The molecule has 6 heteroatoms. The molecule has 0 amide bonds. The molecule has 0 atom stereocenters. The highest BCUT2D eigenvalue weighted by atomic mass is 79.9. The van der Waals surface area contributed by atoms with Gasteiger partial charge in [0.1, 0.15) is 10.9 Å². The van der Waals surface area contributed by atoms with E-state index in [-0.39, 0.29) is 5.69 Å². The number of aromatic carboxylic acids is 1. The lowest BCUT2D eigenvalue weighted by Gasteiger charge is -2.03. The third kappa shape index (κ3) is 2.19. The van der Waals surface area contributed by atoms with Crippen LogP contribution in [0.4, 0.5) is 0 Å². The highest BCUT2D eigenvalue weighted by molar-refractivity contribution is 9.10. The van der Waals surface area contributed by atoms with Gasteiger partial charge in [0, 0.05) is 0 Å². The Balaban J connectivity index is 3.35. The number of aryl methyl sites for hydroxylation is 1. The molecule has 0 saturated heterocycles. The van der Waals surface area contributed by atoms with Crippen LogP contribution in [0, 0.1) is 6.92 Å². The van der Waals surface area contributed by atoms with Gasteiger partial charge >= 0.3 is 5.97 Å². The van der Waals surface area contributed by atoms with Crippen molar-refractivity contribution >= 4 is 33.7 Å². The summed E-state index contributed by atoms with van der Waals surface area (Å²) in [6.07, 6.45) is 1.83.